The van der Waals surface area contributed by atoms with Crippen molar-refractivity contribution in [2.24, 2.45) is 80.8 Å². The second kappa shape index (κ2) is 18.3. The van der Waals surface area contributed by atoms with Crippen LogP contribution >= 0.6 is 0 Å². The maximum absolute atomic E-state index is 13.8. The molecule has 10 rings (SSSR count). The molecule has 7 heteroatoms. The monoisotopic (exact) mass is 907 g/mol. The van der Waals surface area contributed by atoms with Gasteiger partial charge < -0.3 is 24.4 Å². The van der Waals surface area contributed by atoms with Gasteiger partial charge in [-0.2, -0.15) is 0 Å². The van der Waals surface area contributed by atoms with Gasteiger partial charge in [0.2, 0.25) is 0 Å². The summed E-state index contributed by atoms with van der Waals surface area (Å²) in [6.07, 6.45) is 20.8. The summed E-state index contributed by atoms with van der Waals surface area (Å²) in [6, 6.07) is 16.1. The second-order valence-electron chi connectivity index (χ2n) is 24.9. The molecule has 8 fully saturated rings. The maximum atomic E-state index is 13.8. The minimum absolute atomic E-state index is 0.0698. The van der Waals surface area contributed by atoms with Crippen molar-refractivity contribution in [1.82, 2.24) is 0 Å². The number of Topliss-reactive ketones (excluding diaryl/α,β-unsaturated/α-hetero) is 2. The fourth-order valence-electron chi connectivity index (χ4n) is 18.6. The van der Waals surface area contributed by atoms with Crippen molar-refractivity contribution in [3.05, 3.63) is 65.2 Å². The van der Waals surface area contributed by atoms with E-state index in [1.807, 2.05) is 52.3 Å². The van der Waals surface area contributed by atoms with Crippen molar-refractivity contribution in [2.75, 3.05) is 34.5 Å². The Morgan fingerprint density at radius 3 is 1.52 bits per heavy atom. The van der Waals surface area contributed by atoms with Crippen molar-refractivity contribution < 1.29 is 34.0 Å². The Morgan fingerprint density at radius 2 is 1.05 bits per heavy atom. The molecular formula is C59H86O7. The summed E-state index contributed by atoms with van der Waals surface area (Å²) in [7, 11) is 5.38. The van der Waals surface area contributed by atoms with Crippen LogP contribution in [-0.4, -0.2) is 67.5 Å². The first-order valence-electron chi connectivity index (χ1n) is 26.7. The van der Waals surface area contributed by atoms with Crippen LogP contribution in [0.5, 0.6) is 5.75 Å². The molecule has 0 aromatic heterocycles. The summed E-state index contributed by atoms with van der Waals surface area (Å²) in [5.74, 6) is 6.73. The molecule has 66 heavy (non-hydrogen) atoms. The van der Waals surface area contributed by atoms with E-state index in [1.165, 1.54) is 50.5 Å². The topological polar surface area (TPSA) is 102 Å². The molecule has 8 aliphatic carbocycles. The standard InChI is InChI=1S/C30H44O3.C29H42O4/c1-5-20-6-8-21(9-7-20)27(31)26-13-12-24-23-11-10-22-18-28(2,32)16-17-30(22,19-33-4)25(23)14-15-29(24,26)3;1-27(31)15-16-29(18-32-3)19(17-27)9-10-20-22-11-12-24(28(22,2)14-13-23(20)29)26(30)21-7-5-6-8-25(21)33-4/h6-9,22-26,32H,5,10-19H2,1-4H3;5-8,19-20,22-24,31H,9-18H2,1-4H3/t22-,23-,24-,25-,26+,28+,29-,30+;19-,20-,22-,23-,24+,27+,28-,29+/m00/s1. The Balaban J connectivity index is 0.000000166. The van der Waals surface area contributed by atoms with E-state index < -0.39 is 11.2 Å². The van der Waals surface area contributed by atoms with Gasteiger partial charge in [0.15, 0.2) is 11.6 Å². The van der Waals surface area contributed by atoms with Crippen molar-refractivity contribution in [3.63, 3.8) is 0 Å². The quantitative estimate of drug-likeness (QED) is 0.229. The maximum Gasteiger partial charge on any atom is 0.170 e. The summed E-state index contributed by atoms with van der Waals surface area (Å²) in [6.45, 7) is 12.7. The molecule has 0 saturated heterocycles. The minimum Gasteiger partial charge on any atom is -0.496 e. The van der Waals surface area contributed by atoms with E-state index in [9.17, 15) is 19.8 Å². The first-order valence-corrected chi connectivity index (χ1v) is 26.7. The normalized spacial score (nSPS) is 44.5. The third-order valence-electron chi connectivity index (χ3n) is 21.8. The molecule has 0 amide bonds. The average molecular weight is 907 g/mol. The van der Waals surface area contributed by atoms with Crippen molar-refractivity contribution in [2.45, 2.75) is 168 Å². The highest BCUT2D eigenvalue weighted by atomic mass is 16.5. The number of hydrogen-bond donors (Lipinski definition) is 2. The summed E-state index contributed by atoms with van der Waals surface area (Å²) < 4.78 is 17.3. The van der Waals surface area contributed by atoms with Crippen molar-refractivity contribution in [3.8, 4) is 5.75 Å². The first kappa shape index (κ1) is 48.4. The number of hydrogen-bond acceptors (Lipinski definition) is 7. The van der Waals surface area contributed by atoms with Gasteiger partial charge in [-0.25, -0.2) is 0 Å². The third-order valence-corrected chi connectivity index (χ3v) is 21.8. The van der Waals surface area contributed by atoms with Crippen LogP contribution in [0.15, 0.2) is 48.5 Å². The molecular weight excluding hydrogens is 821 g/mol. The Bertz CT molecular complexity index is 2060. The molecule has 364 valence electrons. The molecule has 8 aliphatic rings. The van der Waals surface area contributed by atoms with Gasteiger partial charge in [0.1, 0.15) is 5.75 Å². The van der Waals surface area contributed by atoms with Gasteiger partial charge >= 0.3 is 0 Å². The number of para-hydroxylation sites is 1. The Morgan fingerprint density at radius 1 is 0.561 bits per heavy atom. The van der Waals surface area contributed by atoms with Crippen LogP contribution in [0.1, 0.15) is 176 Å². The molecule has 7 nitrogen and oxygen atoms in total. The number of aliphatic hydroxyl groups is 2. The Kier molecular flexibility index (Phi) is 13.4. The zero-order chi connectivity index (χ0) is 46.9. The predicted octanol–water partition coefficient (Wildman–Crippen LogP) is 12.4. The molecule has 0 heterocycles. The van der Waals surface area contributed by atoms with E-state index in [0.29, 0.717) is 58.9 Å². The van der Waals surface area contributed by atoms with Crippen LogP contribution < -0.4 is 4.74 Å². The lowest BCUT2D eigenvalue weighted by Gasteiger charge is -2.62. The summed E-state index contributed by atoms with van der Waals surface area (Å²) in [5.41, 5.74) is 2.54. The van der Waals surface area contributed by atoms with Gasteiger partial charge in [-0.05, 0) is 223 Å². The van der Waals surface area contributed by atoms with Crippen LogP contribution in [-0.2, 0) is 15.9 Å². The highest BCUT2D eigenvalue weighted by Gasteiger charge is 2.65. The van der Waals surface area contributed by atoms with Gasteiger partial charge in [0.05, 0.1) is 37.1 Å². The number of benzene rings is 2. The molecule has 0 bridgehead atoms. The molecule has 8 saturated carbocycles. The second-order valence-corrected chi connectivity index (χ2v) is 24.9. The largest absolute Gasteiger partial charge is 0.496 e. The van der Waals surface area contributed by atoms with Gasteiger partial charge in [0, 0.05) is 31.6 Å². The number of ether oxygens (including phenoxy) is 3. The number of ketones is 2. The number of carbonyl (C=O) groups excluding carboxylic acids is 2. The highest BCUT2D eigenvalue weighted by molar-refractivity contribution is 6.01. The van der Waals surface area contributed by atoms with Crippen molar-refractivity contribution in [1.29, 1.82) is 0 Å². The van der Waals surface area contributed by atoms with Crippen LogP contribution in [0.25, 0.3) is 0 Å². The van der Waals surface area contributed by atoms with E-state index in [1.54, 1.807) is 7.11 Å². The lowest BCUT2D eigenvalue weighted by molar-refractivity contribution is -0.173. The molecule has 0 radical (unpaired) electrons. The average Bonchev–Trinajstić information content (AvgIpc) is 3.85. The fourth-order valence-corrected chi connectivity index (χ4v) is 18.6. The Labute approximate surface area is 398 Å². The lowest BCUT2D eigenvalue weighted by Crippen LogP contribution is -2.58. The van der Waals surface area contributed by atoms with E-state index in [-0.39, 0.29) is 39.3 Å². The number of rotatable bonds is 10. The van der Waals surface area contributed by atoms with Gasteiger partial charge in [-0.1, -0.05) is 57.2 Å². The molecule has 0 spiro atoms. The van der Waals surface area contributed by atoms with E-state index in [2.05, 4.69) is 45.0 Å². The molecule has 2 aromatic carbocycles. The summed E-state index contributed by atoms with van der Waals surface area (Å²) in [5, 5.41) is 21.7. The van der Waals surface area contributed by atoms with Gasteiger partial charge in [-0.15, -0.1) is 0 Å². The molecule has 2 aromatic rings. The molecule has 0 unspecified atom stereocenters. The smallest absolute Gasteiger partial charge is 0.170 e. The lowest BCUT2D eigenvalue weighted by atomic mass is 9.43. The minimum atomic E-state index is -0.530. The highest BCUT2D eigenvalue weighted by Crippen LogP contribution is 2.70. The van der Waals surface area contributed by atoms with E-state index >= 15 is 0 Å². The van der Waals surface area contributed by atoms with Crippen LogP contribution in [0, 0.1) is 80.8 Å². The van der Waals surface area contributed by atoms with Gasteiger partial charge in [-0.3, -0.25) is 9.59 Å². The number of fused-ring (bicyclic) bond motifs is 10. The van der Waals surface area contributed by atoms with Crippen molar-refractivity contribution >= 4 is 11.6 Å². The fraction of sp³-hybridized carbons (Fsp3) is 0.763. The van der Waals surface area contributed by atoms with Crippen LogP contribution in [0.3, 0.4) is 0 Å². The molecule has 0 aliphatic heterocycles. The van der Waals surface area contributed by atoms with Gasteiger partial charge in [0.25, 0.3) is 0 Å². The zero-order valence-electron chi connectivity index (χ0n) is 42.2. The summed E-state index contributed by atoms with van der Waals surface area (Å²) in [4.78, 5) is 27.5. The van der Waals surface area contributed by atoms with E-state index in [0.717, 1.165) is 101 Å². The first-order chi connectivity index (χ1) is 31.5. The van der Waals surface area contributed by atoms with Crippen LogP contribution in [0.2, 0.25) is 0 Å². The molecule has 2 N–H and O–H groups in total. The summed E-state index contributed by atoms with van der Waals surface area (Å²) >= 11 is 0. The number of methoxy groups -OCH3 is 3. The third kappa shape index (κ3) is 8.10. The SMILES string of the molecule is CCc1ccc(C(=O)[C@H]2CC[C@H]3[C@@H]4CC[C@H]5C[C@](C)(O)CC[C@]5(COC)[C@H]4CC[C@]23C)cc1.COC[C@]12CC[C@@](C)(O)C[C@@H]1CC[C@H]1[C@@H]3CC[C@H](C(=O)c4ccccc4OC)[C@@]3(C)CC[C@@H]12. The predicted molar refractivity (Wildman–Crippen MR) is 262 cm³/mol. The molecule has 16 atom stereocenters. The number of aryl methyl sites for hydroxylation is 1. The Hall–Kier alpha value is -2.58. The zero-order valence-corrected chi connectivity index (χ0v) is 42.2. The van der Waals surface area contributed by atoms with E-state index in [4.69, 9.17) is 14.2 Å². The number of carbonyl (C=O) groups is 2. The van der Waals surface area contributed by atoms with Crippen LogP contribution in [0.4, 0.5) is 0 Å².